The van der Waals surface area contributed by atoms with Gasteiger partial charge in [0.2, 0.25) is 0 Å². The summed E-state index contributed by atoms with van der Waals surface area (Å²) in [5, 5.41) is 2.82. The molecule has 1 N–H and O–H groups in total. The molecule has 13 heavy (non-hydrogen) atoms. The highest BCUT2D eigenvalue weighted by molar-refractivity contribution is 7.86. The highest BCUT2D eigenvalue weighted by Crippen LogP contribution is 2.14. The fraction of sp³-hybridized carbons (Fsp3) is 0.667. The van der Waals surface area contributed by atoms with E-state index in [9.17, 15) is 8.42 Å². The molecule has 0 radical (unpaired) electrons. The Hall–Kier alpha value is -0.460. The first-order chi connectivity index (χ1) is 6.00. The lowest BCUT2D eigenvalue weighted by atomic mass is 10.6. The third kappa shape index (κ3) is 1.90. The minimum absolute atomic E-state index is 0.208. The molecular formula is C6H12ClN3O2S. The normalized spacial score (nSPS) is 22.5. The fourth-order valence-corrected chi connectivity index (χ4v) is 2.31. The molecule has 0 spiro atoms. The molecule has 1 heterocycles. The molecule has 1 aliphatic rings. The second-order valence-corrected chi connectivity index (χ2v) is 5.13. The topological polar surface area (TPSA) is 52.7 Å². The van der Waals surface area contributed by atoms with Crippen LogP contribution in [0, 0.1) is 0 Å². The van der Waals surface area contributed by atoms with Crippen molar-refractivity contribution in [2.45, 2.75) is 6.17 Å². The van der Waals surface area contributed by atoms with Gasteiger partial charge in [0.1, 0.15) is 6.17 Å². The van der Waals surface area contributed by atoms with E-state index in [-0.39, 0.29) is 12.0 Å². The van der Waals surface area contributed by atoms with Crippen LogP contribution >= 0.6 is 11.6 Å². The second kappa shape index (κ2) is 3.73. The summed E-state index contributed by atoms with van der Waals surface area (Å²) in [6.07, 6.45) is 2.64. The molecular weight excluding hydrogens is 214 g/mol. The molecule has 0 amide bonds. The number of alkyl halides is 1. The van der Waals surface area contributed by atoms with E-state index in [4.69, 9.17) is 11.6 Å². The van der Waals surface area contributed by atoms with Crippen LogP contribution in [0.1, 0.15) is 0 Å². The first kappa shape index (κ1) is 10.6. The van der Waals surface area contributed by atoms with Crippen molar-refractivity contribution in [2.75, 3.05) is 20.0 Å². The minimum atomic E-state index is -3.40. The number of nitrogens with one attached hydrogen (secondary N) is 1. The Morgan fingerprint density at radius 3 is 2.69 bits per heavy atom. The van der Waals surface area contributed by atoms with Crippen molar-refractivity contribution in [2.24, 2.45) is 0 Å². The maximum Gasteiger partial charge on any atom is 0.304 e. The second-order valence-electron chi connectivity index (χ2n) is 2.77. The quantitative estimate of drug-likeness (QED) is 0.673. The molecule has 1 unspecified atom stereocenters. The summed E-state index contributed by atoms with van der Waals surface area (Å²) in [5.74, 6) is 0.208. The lowest BCUT2D eigenvalue weighted by molar-refractivity contribution is 0.388. The third-order valence-electron chi connectivity index (χ3n) is 1.69. The van der Waals surface area contributed by atoms with E-state index in [1.54, 1.807) is 6.20 Å². The molecule has 5 nitrogen and oxygen atoms in total. The highest BCUT2D eigenvalue weighted by Gasteiger charge is 2.30. The molecule has 0 bridgehead atoms. The van der Waals surface area contributed by atoms with Crippen molar-refractivity contribution in [1.82, 2.24) is 13.9 Å². The molecule has 0 aromatic heterocycles. The zero-order chi connectivity index (χ0) is 10.1. The Balaban J connectivity index is 2.88. The zero-order valence-electron chi connectivity index (χ0n) is 7.44. The summed E-state index contributed by atoms with van der Waals surface area (Å²) >= 11 is 5.59. The molecule has 0 aromatic rings. The number of rotatable bonds is 3. The first-order valence-corrected chi connectivity index (χ1v) is 5.63. The Labute approximate surface area is 83.1 Å². The molecule has 1 aliphatic heterocycles. The molecule has 0 fully saturated rings. The van der Waals surface area contributed by atoms with Gasteiger partial charge in [-0.05, 0) is 0 Å². The van der Waals surface area contributed by atoms with E-state index in [1.165, 1.54) is 24.6 Å². The summed E-state index contributed by atoms with van der Waals surface area (Å²) < 4.78 is 25.5. The van der Waals surface area contributed by atoms with Gasteiger partial charge in [0, 0.05) is 26.5 Å². The maximum atomic E-state index is 11.6. The highest BCUT2D eigenvalue weighted by atomic mass is 35.5. The Morgan fingerprint density at radius 2 is 2.23 bits per heavy atom. The van der Waals surface area contributed by atoms with E-state index in [1.807, 2.05) is 0 Å². The molecule has 7 heteroatoms. The van der Waals surface area contributed by atoms with E-state index in [0.29, 0.717) is 0 Å². The van der Waals surface area contributed by atoms with Crippen molar-refractivity contribution < 1.29 is 8.42 Å². The van der Waals surface area contributed by atoms with Crippen molar-refractivity contribution in [1.29, 1.82) is 0 Å². The van der Waals surface area contributed by atoms with Crippen LogP contribution in [0.3, 0.4) is 0 Å². The average Bonchev–Trinajstić information content (AvgIpc) is 2.51. The van der Waals surface area contributed by atoms with Crippen LogP contribution in [0.4, 0.5) is 0 Å². The number of halogens is 1. The van der Waals surface area contributed by atoms with Crippen LogP contribution in [-0.2, 0) is 10.2 Å². The number of hydrogen-bond donors (Lipinski definition) is 1. The van der Waals surface area contributed by atoms with Gasteiger partial charge in [-0.15, -0.1) is 11.6 Å². The standard InChI is InChI=1S/C6H12ClN3O2S/c1-9(2)13(11,12)10-4-3-8-6(10)5-7/h3-4,6,8H,5H2,1-2H3. The van der Waals surface area contributed by atoms with Crippen LogP contribution in [0.2, 0.25) is 0 Å². The Bertz CT molecular complexity index is 301. The van der Waals surface area contributed by atoms with Crippen LogP contribution in [0.15, 0.2) is 12.4 Å². The van der Waals surface area contributed by atoms with Crippen molar-refractivity contribution in [3.05, 3.63) is 12.4 Å². The van der Waals surface area contributed by atoms with E-state index < -0.39 is 10.2 Å². The van der Waals surface area contributed by atoms with E-state index >= 15 is 0 Å². The molecule has 0 saturated carbocycles. The van der Waals surface area contributed by atoms with Gasteiger partial charge in [-0.25, -0.2) is 4.31 Å². The monoisotopic (exact) mass is 225 g/mol. The molecule has 0 saturated heterocycles. The zero-order valence-corrected chi connectivity index (χ0v) is 9.01. The van der Waals surface area contributed by atoms with E-state index in [2.05, 4.69) is 5.32 Å². The molecule has 0 aromatic carbocycles. The van der Waals surface area contributed by atoms with Crippen LogP contribution in [-0.4, -0.2) is 43.2 Å². The van der Waals surface area contributed by atoms with Gasteiger partial charge >= 0.3 is 10.2 Å². The van der Waals surface area contributed by atoms with Crippen molar-refractivity contribution >= 4 is 21.8 Å². The van der Waals surface area contributed by atoms with Crippen molar-refractivity contribution in [3.8, 4) is 0 Å². The first-order valence-electron chi connectivity index (χ1n) is 3.70. The van der Waals surface area contributed by atoms with Crippen LogP contribution < -0.4 is 5.32 Å². The summed E-state index contributed by atoms with van der Waals surface area (Å²) in [6.45, 7) is 0. The van der Waals surface area contributed by atoms with Gasteiger partial charge in [0.15, 0.2) is 0 Å². The summed E-state index contributed by atoms with van der Waals surface area (Å²) in [7, 11) is -0.447. The average molecular weight is 226 g/mol. The van der Waals surface area contributed by atoms with Gasteiger partial charge in [-0.3, -0.25) is 0 Å². The maximum absolute atomic E-state index is 11.6. The molecule has 1 rings (SSSR count). The lowest BCUT2D eigenvalue weighted by Gasteiger charge is -2.26. The van der Waals surface area contributed by atoms with Crippen LogP contribution in [0.25, 0.3) is 0 Å². The van der Waals surface area contributed by atoms with Gasteiger partial charge < -0.3 is 5.32 Å². The predicted octanol–water partition coefficient (Wildman–Crippen LogP) is -0.266. The smallest absolute Gasteiger partial charge is 0.304 e. The van der Waals surface area contributed by atoms with Gasteiger partial charge in [0.25, 0.3) is 0 Å². The van der Waals surface area contributed by atoms with E-state index in [0.717, 1.165) is 4.31 Å². The lowest BCUT2D eigenvalue weighted by Crippen LogP contribution is -2.45. The summed E-state index contributed by atoms with van der Waals surface area (Å²) in [4.78, 5) is 0. The molecule has 1 atom stereocenters. The number of hydrogen-bond acceptors (Lipinski definition) is 3. The summed E-state index contributed by atoms with van der Waals surface area (Å²) in [5.41, 5.74) is 0. The largest absolute Gasteiger partial charge is 0.368 e. The SMILES string of the molecule is CN(C)S(=O)(=O)N1C=CNC1CCl. The van der Waals surface area contributed by atoms with Crippen LogP contribution in [0.5, 0.6) is 0 Å². The number of nitrogens with zero attached hydrogens (tertiary/aromatic N) is 2. The van der Waals surface area contributed by atoms with Gasteiger partial charge in [-0.1, -0.05) is 0 Å². The van der Waals surface area contributed by atoms with Crippen molar-refractivity contribution in [3.63, 3.8) is 0 Å². The molecule has 76 valence electrons. The fourth-order valence-electron chi connectivity index (χ4n) is 0.944. The van der Waals surface area contributed by atoms with Gasteiger partial charge in [0.05, 0.1) is 5.88 Å². The predicted molar refractivity (Wildman–Crippen MR) is 51.2 cm³/mol. The Kier molecular flexibility index (Phi) is 3.05. The summed E-state index contributed by atoms with van der Waals surface area (Å²) in [6, 6.07) is 0. The third-order valence-corrected chi connectivity index (χ3v) is 3.82. The Morgan fingerprint density at radius 1 is 1.62 bits per heavy atom. The molecule has 0 aliphatic carbocycles. The minimum Gasteiger partial charge on any atom is -0.368 e. The van der Waals surface area contributed by atoms with Gasteiger partial charge in [-0.2, -0.15) is 12.7 Å².